The summed E-state index contributed by atoms with van der Waals surface area (Å²) in [6, 6.07) is 13.6. The van der Waals surface area contributed by atoms with Gasteiger partial charge in [-0.05, 0) is 73.9 Å². The molecule has 1 amide bonds. The fraction of sp³-hybridized carbons (Fsp3) is 0.273. The fourth-order valence-corrected chi connectivity index (χ4v) is 2.95. The molecule has 0 fully saturated rings. The predicted molar refractivity (Wildman–Crippen MR) is 107 cm³/mol. The van der Waals surface area contributed by atoms with Gasteiger partial charge in [0.25, 0.3) is 5.91 Å². The molecule has 2 aromatic carbocycles. The van der Waals surface area contributed by atoms with Crippen LogP contribution in [-0.2, 0) is 0 Å². The zero-order chi connectivity index (χ0) is 19.4. The summed E-state index contributed by atoms with van der Waals surface area (Å²) in [6.45, 7) is 7.06. The molecule has 0 radical (unpaired) electrons. The van der Waals surface area contributed by atoms with E-state index in [4.69, 9.17) is 4.74 Å². The number of amides is 1. The Balaban J connectivity index is 1.56. The van der Waals surface area contributed by atoms with Crippen LogP contribution in [0.2, 0.25) is 0 Å². The second kappa shape index (κ2) is 8.08. The SMILES string of the molecule is Cc1cc(C)cc(OCCN(C)C(=O)c2ccc(-n3cc(C)cn3)cc2)c1. The topological polar surface area (TPSA) is 47.4 Å². The average molecular weight is 363 g/mol. The van der Waals surface area contributed by atoms with Crippen LogP contribution in [0, 0.1) is 20.8 Å². The van der Waals surface area contributed by atoms with Gasteiger partial charge in [-0.1, -0.05) is 6.07 Å². The summed E-state index contributed by atoms with van der Waals surface area (Å²) < 4.78 is 7.59. The number of carbonyl (C=O) groups excluding carboxylic acids is 1. The lowest BCUT2D eigenvalue weighted by molar-refractivity contribution is 0.0773. The van der Waals surface area contributed by atoms with Crippen molar-refractivity contribution in [2.75, 3.05) is 20.2 Å². The highest BCUT2D eigenvalue weighted by Crippen LogP contribution is 2.16. The minimum Gasteiger partial charge on any atom is -0.492 e. The molecule has 0 aliphatic carbocycles. The van der Waals surface area contributed by atoms with Crippen LogP contribution in [0.4, 0.5) is 0 Å². The molecule has 5 nitrogen and oxygen atoms in total. The van der Waals surface area contributed by atoms with Crippen molar-refractivity contribution < 1.29 is 9.53 Å². The highest BCUT2D eigenvalue weighted by atomic mass is 16.5. The normalized spacial score (nSPS) is 10.7. The molecule has 1 aromatic heterocycles. The van der Waals surface area contributed by atoms with E-state index in [9.17, 15) is 4.79 Å². The number of aromatic nitrogens is 2. The molecule has 0 atom stereocenters. The second-order valence-electron chi connectivity index (χ2n) is 6.91. The third kappa shape index (κ3) is 4.76. The van der Waals surface area contributed by atoms with Crippen molar-refractivity contribution in [3.8, 4) is 11.4 Å². The van der Waals surface area contributed by atoms with E-state index in [1.54, 1.807) is 16.6 Å². The first-order chi connectivity index (χ1) is 12.9. The van der Waals surface area contributed by atoms with Crippen LogP contribution in [0.1, 0.15) is 27.0 Å². The molecule has 0 bridgehead atoms. The van der Waals surface area contributed by atoms with Gasteiger partial charge in [0, 0.05) is 18.8 Å². The van der Waals surface area contributed by atoms with Crippen molar-refractivity contribution in [2.45, 2.75) is 20.8 Å². The largest absolute Gasteiger partial charge is 0.492 e. The monoisotopic (exact) mass is 363 g/mol. The predicted octanol–water partition coefficient (Wildman–Crippen LogP) is 3.95. The summed E-state index contributed by atoms with van der Waals surface area (Å²) in [7, 11) is 1.79. The van der Waals surface area contributed by atoms with E-state index >= 15 is 0 Å². The van der Waals surface area contributed by atoms with Crippen molar-refractivity contribution in [1.82, 2.24) is 14.7 Å². The highest BCUT2D eigenvalue weighted by Gasteiger charge is 2.12. The molecule has 3 aromatic rings. The Bertz CT molecular complexity index is 909. The fourth-order valence-electron chi connectivity index (χ4n) is 2.95. The molecule has 0 unspecified atom stereocenters. The van der Waals surface area contributed by atoms with Crippen LogP contribution in [0.15, 0.2) is 54.9 Å². The number of nitrogens with zero attached hydrogens (tertiary/aromatic N) is 3. The molecule has 5 heteroatoms. The number of carbonyl (C=O) groups is 1. The van der Waals surface area contributed by atoms with E-state index in [2.05, 4.69) is 11.2 Å². The van der Waals surface area contributed by atoms with Gasteiger partial charge < -0.3 is 9.64 Å². The third-order valence-corrected chi connectivity index (χ3v) is 4.33. The van der Waals surface area contributed by atoms with Crippen LogP contribution in [0.5, 0.6) is 5.75 Å². The first kappa shape index (κ1) is 18.7. The molecule has 1 heterocycles. The molecule has 140 valence electrons. The molecule has 0 N–H and O–H groups in total. The molecule has 0 spiro atoms. The summed E-state index contributed by atoms with van der Waals surface area (Å²) in [5.74, 6) is 0.814. The summed E-state index contributed by atoms with van der Waals surface area (Å²) in [5, 5.41) is 4.28. The number of likely N-dealkylation sites (N-methyl/N-ethyl adjacent to an activating group) is 1. The van der Waals surface area contributed by atoms with Crippen LogP contribution < -0.4 is 4.74 Å². The number of hydrogen-bond acceptors (Lipinski definition) is 3. The lowest BCUT2D eigenvalue weighted by Gasteiger charge is -2.18. The lowest BCUT2D eigenvalue weighted by Crippen LogP contribution is -2.30. The van der Waals surface area contributed by atoms with Crippen molar-refractivity contribution >= 4 is 5.91 Å². The van der Waals surface area contributed by atoms with Crippen molar-refractivity contribution in [1.29, 1.82) is 0 Å². The molecule has 0 aliphatic heterocycles. The standard InChI is InChI=1S/C22H25N3O2/c1-16-11-17(2)13-21(12-16)27-10-9-24(4)22(26)19-5-7-20(8-6-19)25-15-18(3)14-23-25/h5-8,11-15H,9-10H2,1-4H3. The number of benzene rings is 2. The van der Waals surface area contributed by atoms with E-state index in [1.807, 2.05) is 69.6 Å². The summed E-state index contributed by atoms with van der Waals surface area (Å²) in [4.78, 5) is 14.3. The quantitative estimate of drug-likeness (QED) is 0.666. The molecule has 0 saturated heterocycles. The molecule has 0 saturated carbocycles. The van der Waals surface area contributed by atoms with Gasteiger partial charge in [0.15, 0.2) is 0 Å². The zero-order valence-electron chi connectivity index (χ0n) is 16.3. The number of aryl methyl sites for hydroxylation is 3. The van der Waals surface area contributed by atoms with Gasteiger partial charge in [-0.15, -0.1) is 0 Å². The minimum atomic E-state index is -0.0257. The van der Waals surface area contributed by atoms with Gasteiger partial charge in [-0.3, -0.25) is 4.79 Å². The zero-order valence-corrected chi connectivity index (χ0v) is 16.3. The molecule has 3 rings (SSSR count). The van der Waals surface area contributed by atoms with Crippen LogP contribution >= 0.6 is 0 Å². The maximum atomic E-state index is 12.6. The maximum absolute atomic E-state index is 12.6. The Hall–Kier alpha value is -3.08. The van der Waals surface area contributed by atoms with Gasteiger partial charge >= 0.3 is 0 Å². The van der Waals surface area contributed by atoms with E-state index in [0.29, 0.717) is 18.7 Å². The number of ether oxygens (including phenoxy) is 1. The number of rotatable bonds is 6. The Morgan fingerprint density at radius 2 is 1.70 bits per heavy atom. The number of hydrogen-bond donors (Lipinski definition) is 0. The maximum Gasteiger partial charge on any atom is 0.253 e. The Morgan fingerprint density at radius 3 is 2.30 bits per heavy atom. The molecule has 27 heavy (non-hydrogen) atoms. The van der Waals surface area contributed by atoms with Gasteiger partial charge in [-0.25, -0.2) is 4.68 Å². The first-order valence-electron chi connectivity index (χ1n) is 9.00. The molecular weight excluding hydrogens is 338 g/mol. The van der Waals surface area contributed by atoms with E-state index in [1.165, 1.54) is 11.1 Å². The molecular formula is C22H25N3O2. The highest BCUT2D eigenvalue weighted by molar-refractivity contribution is 5.94. The van der Waals surface area contributed by atoms with Gasteiger partial charge in [0.2, 0.25) is 0 Å². The van der Waals surface area contributed by atoms with Crippen molar-refractivity contribution in [3.63, 3.8) is 0 Å². The Kier molecular flexibility index (Phi) is 5.60. The van der Waals surface area contributed by atoms with E-state index in [-0.39, 0.29) is 5.91 Å². The summed E-state index contributed by atoms with van der Waals surface area (Å²) in [5.41, 5.74) is 5.01. The Labute approximate surface area is 160 Å². The van der Waals surface area contributed by atoms with Crippen molar-refractivity contribution in [2.24, 2.45) is 0 Å². The second-order valence-corrected chi connectivity index (χ2v) is 6.91. The average Bonchev–Trinajstić information content (AvgIpc) is 3.07. The third-order valence-electron chi connectivity index (χ3n) is 4.33. The summed E-state index contributed by atoms with van der Waals surface area (Å²) >= 11 is 0. The van der Waals surface area contributed by atoms with Gasteiger partial charge in [0.05, 0.1) is 18.4 Å². The first-order valence-corrected chi connectivity index (χ1v) is 9.00. The summed E-state index contributed by atoms with van der Waals surface area (Å²) in [6.07, 6.45) is 3.76. The molecule has 0 aliphatic rings. The lowest BCUT2D eigenvalue weighted by atomic mass is 10.1. The van der Waals surface area contributed by atoms with E-state index < -0.39 is 0 Å². The minimum absolute atomic E-state index is 0.0257. The van der Waals surface area contributed by atoms with Crippen LogP contribution in [-0.4, -0.2) is 40.8 Å². The smallest absolute Gasteiger partial charge is 0.253 e. The van der Waals surface area contributed by atoms with Crippen molar-refractivity contribution in [3.05, 3.63) is 77.1 Å². The van der Waals surface area contributed by atoms with Crippen LogP contribution in [0.25, 0.3) is 5.69 Å². The van der Waals surface area contributed by atoms with Crippen LogP contribution in [0.3, 0.4) is 0 Å². The van der Waals surface area contributed by atoms with Gasteiger partial charge in [-0.2, -0.15) is 5.10 Å². The van der Waals surface area contributed by atoms with Gasteiger partial charge in [0.1, 0.15) is 12.4 Å². The van der Waals surface area contributed by atoms with E-state index in [0.717, 1.165) is 17.0 Å². The Morgan fingerprint density at radius 1 is 1.04 bits per heavy atom.